The molecule has 1 N–H and O–H groups in total. The van der Waals surface area contributed by atoms with Crippen LogP contribution in [-0.2, 0) is 0 Å². The molecule has 0 amide bonds. The highest BCUT2D eigenvalue weighted by atomic mass is 32.1. The summed E-state index contributed by atoms with van der Waals surface area (Å²) in [5.74, 6) is 0.923. The van der Waals surface area contributed by atoms with E-state index in [-0.39, 0.29) is 0 Å². The van der Waals surface area contributed by atoms with E-state index in [4.69, 9.17) is 17.0 Å². The van der Waals surface area contributed by atoms with Crippen molar-refractivity contribution >= 4 is 23.0 Å². The summed E-state index contributed by atoms with van der Waals surface area (Å²) in [6.45, 7) is 9.81. The number of rotatable bonds is 16. The van der Waals surface area contributed by atoms with Crippen LogP contribution in [0.4, 0.5) is 5.69 Å². The number of hydrogen-bond donors (Lipinski definition) is 1. The Kier molecular flexibility index (Phi) is 14.2. The van der Waals surface area contributed by atoms with E-state index in [0.717, 1.165) is 49.2 Å². The summed E-state index contributed by atoms with van der Waals surface area (Å²) >= 11 is 5.50. The number of unbranched alkanes of at least 4 members (excludes halogenated alkanes) is 6. The van der Waals surface area contributed by atoms with Gasteiger partial charge in [-0.05, 0) is 69.3 Å². The third kappa shape index (κ3) is 11.9. The molecule has 29 heavy (non-hydrogen) atoms. The average molecular weight is 420 g/mol. The number of thiocarbonyl (C=S) groups is 1. The van der Waals surface area contributed by atoms with Crippen molar-refractivity contribution in [2.24, 2.45) is 0 Å². The monoisotopic (exact) mass is 419 g/mol. The van der Waals surface area contributed by atoms with Gasteiger partial charge in [-0.3, -0.25) is 0 Å². The van der Waals surface area contributed by atoms with Gasteiger partial charge in [0, 0.05) is 25.8 Å². The van der Waals surface area contributed by atoms with Crippen molar-refractivity contribution in [3.05, 3.63) is 36.9 Å². The molecule has 0 heterocycles. The topological polar surface area (TPSA) is 27.7 Å². The molecule has 0 radical (unpaired) electrons. The van der Waals surface area contributed by atoms with Crippen LogP contribution in [0, 0.1) is 0 Å². The van der Waals surface area contributed by atoms with E-state index in [2.05, 4.69) is 42.9 Å². The average Bonchev–Trinajstić information content (AvgIpc) is 2.73. The van der Waals surface area contributed by atoms with Crippen molar-refractivity contribution in [2.75, 3.05) is 45.2 Å². The smallest absolute Gasteiger partial charge is 0.173 e. The maximum absolute atomic E-state index is 5.88. The largest absolute Gasteiger partial charge is 0.494 e. The van der Waals surface area contributed by atoms with E-state index < -0.39 is 0 Å². The fourth-order valence-corrected chi connectivity index (χ4v) is 3.30. The van der Waals surface area contributed by atoms with Crippen LogP contribution in [0.15, 0.2) is 36.9 Å². The summed E-state index contributed by atoms with van der Waals surface area (Å²) in [7, 11) is 4.14. The lowest BCUT2D eigenvalue weighted by Crippen LogP contribution is -2.37. The maximum Gasteiger partial charge on any atom is 0.173 e. The molecular formula is C24H41N3OS. The van der Waals surface area contributed by atoms with Gasteiger partial charge in [-0.25, -0.2) is 0 Å². The molecule has 0 aromatic heterocycles. The van der Waals surface area contributed by atoms with Crippen LogP contribution in [0.25, 0.3) is 0 Å². The minimum Gasteiger partial charge on any atom is -0.494 e. The normalized spacial score (nSPS) is 10.8. The summed E-state index contributed by atoms with van der Waals surface area (Å²) in [4.78, 5) is 4.32. The molecule has 0 fully saturated rings. The summed E-state index contributed by atoms with van der Waals surface area (Å²) < 4.78 is 5.88. The Bertz CT molecular complexity index is 562. The van der Waals surface area contributed by atoms with E-state index in [1.165, 1.54) is 44.9 Å². The third-order valence-electron chi connectivity index (χ3n) is 4.98. The van der Waals surface area contributed by atoms with E-state index in [0.29, 0.717) is 0 Å². The zero-order valence-electron chi connectivity index (χ0n) is 18.8. The van der Waals surface area contributed by atoms with Gasteiger partial charge in [-0.1, -0.05) is 45.1 Å². The fourth-order valence-electron chi connectivity index (χ4n) is 3.09. The zero-order valence-corrected chi connectivity index (χ0v) is 19.6. The van der Waals surface area contributed by atoms with Crippen LogP contribution >= 0.6 is 12.2 Å². The van der Waals surface area contributed by atoms with Crippen molar-refractivity contribution in [3.63, 3.8) is 0 Å². The first kappa shape index (κ1) is 25.4. The predicted molar refractivity (Wildman–Crippen MR) is 131 cm³/mol. The van der Waals surface area contributed by atoms with Crippen molar-refractivity contribution in [1.82, 2.24) is 10.2 Å². The van der Waals surface area contributed by atoms with Gasteiger partial charge in [0.2, 0.25) is 0 Å². The second kappa shape index (κ2) is 16.2. The fraction of sp³-hybridized carbons (Fsp3) is 0.625. The molecule has 0 aliphatic rings. The Balaban J connectivity index is 2.19. The molecule has 0 aliphatic carbocycles. The second-order valence-electron chi connectivity index (χ2n) is 7.66. The lowest BCUT2D eigenvalue weighted by Gasteiger charge is -2.21. The van der Waals surface area contributed by atoms with Gasteiger partial charge >= 0.3 is 0 Å². The zero-order chi connectivity index (χ0) is 21.3. The Labute approximate surface area is 184 Å². The number of likely N-dealkylation sites (N-methyl/N-ethyl adjacent to an activating group) is 1. The van der Waals surface area contributed by atoms with E-state index >= 15 is 0 Å². The molecule has 0 spiro atoms. The maximum atomic E-state index is 5.88. The van der Waals surface area contributed by atoms with Crippen molar-refractivity contribution < 1.29 is 4.74 Å². The SMILES string of the molecule is C=CCN(C)CCCCCCOc1ccc(N(C)C(=S)NCCCCCC)cc1. The predicted octanol–water partition coefficient (Wildman–Crippen LogP) is 5.63. The number of nitrogens with zero attached hydrogens (tertiary/aromatic N) is 2. The highest BCUT2D eigenvalue weighted by Gasteiger charge is 2.06. The summed E-state index contributed by atoms with van der Waals surface area (Å²) in [5, 5.41) is 4.12. The van der Waals surface area contributed by atoms with Crippen molar-refractivity contribution in [1.29, 1.82) is 0 Å². The Morgan fingerprint density at radius 2 is 1.72 bits per heavy atom. The number of nitrogens with one attached hydrogen (secondary N) is 1. The molecule has 164 valence electrons. The molecule has 4 nitrogen and oxygen atoms in total. The van der Waals surface area contributed by atoms with Gasteiger partial charge in [-0.15, -0.1) is 6.58 Å². The number of ether oxygens (including phenoxy) is 1. The molecule has 0 atom stereocenters. The van der Waals surface area contributed by atoms with E-state index in [9.17, 15) is 0 Å². The molecule has 0 saturated heterocycles. The van der Waals surface area contributed by atoms with Gasteiger partial charge in [0.05, 0.1) is 6.61 Å². The highest BCUT2D eigenvalue weighted by molar-refractivity contribution is 7.80. The van der Waals surface area contributed by atoms with Gasteiger partial charge in [0.25, 0.3) is 0 Å². The first-order chi connectivity index (χ1) is 14.1. The summed E-state index contributed by atoms with van der Waals surface area (Å²) in [5.41, 5.74) is 1.08. The third-order valence-corrected chi connectivity index (χ3v) is 5.40. The van der Waals surface area contributed by atoms with Gasteiger partial charge in [0.15, 0.2) is 5.11 Å². The Morgan fingerprint density at radius 1 is 1.03 bits per heavy atom. The van der Waals surface area contributed by atoms with Gasteiger partial charge < -0.3 is 19.9 Å². The van der Waals surface area contributed by atoms with E-state index in [1.807, 2.05) is 30.2 Å². The van der Waals surface area contributed by atoms with E-state index in [1.54, 1.807) is 0 Å². The van der Waals surface area contributed by atoms with Crippen LogP contribution in [0.1, 0.15) is 58.3 Å². The van der Waals surface area contributed by atoms with Crippen molar-refractivity contribution in [2.45, 2.75) is 58.3 Å². The van der Waals surface area contributed by atoms with Gasteiger partial charge in [-0.2, -0.15) is 0 Å². The minimum atomic E-state index is 0.772. The lowest BCUT2D eigenvalue weighted by molar-refractivity contribution is 0.300. The molecular weight excluding hydrogens is 378 g/mol. The number of anilines is 1. The molecule has 1 aromatic rings. The molecule has 0 saturated carbocycles. The first-order valence-corrected chi connectivity index (χ1v) is 11.5. The quantitative estimate of drug-likeness (QED) is 0.213. The standard InChI is InChI=1S/C24H41N3OS/c1-5-7-8-11-18-25-24(29)27(4)22-14-16-23(17-15-22)28-21-13-10-9-12-20-26(3)19-6-2/h6,14-17H,2,5,7-13,18-21H2,1,3-4H3,(H,25,29). The molecule has 0 bridgehead atoms. The Hall–Kier alpha value is -1.59. The number of benzene rings is 1. The van der Waals surface area contributed by atoms with Crippen LogP contribution in [0.2, 0.25) is 0 Å². The lowest BCUT2D eigenvalue weighted by atomic mass is 10.2. The minimum absolute atomic E-state index is 0.772. The first-order valence-electron chi connectivity index (χ1n) is 11.1. The Morgan fingerprint density at radius 3 is 2.41 bits per heavy atom. The second-order valence-corrected chi connectivity index (χ2v) is 8.05. The molecule has 0 aliphatic heterocycles. The molecule has 1 rings (SSSR count). The molecule has 5 heteroatoms. The molecule has 1 aromatic carbocycles. The van der Waals surface area contributed by atoms with Crippen LogP contribution in [0.3, 0.4) is 0 Å². The molecule has 0 unspecified atom stereocenters. The summed E-state index contributed by atoms with van der Waals surface area (Å²) in [6, 6.07) is 8.19. The summed E-state index contributed by atoms with van der Waals surface area (Å²) in [6.07, 6.45) is 11.7. The van der Waals surface area contributed by atoms with Crippen LogP contribution < -0.4 is 15.0 Å². The van der Waals surface area contributed by atoms with Gasteiger partial charge in [0.1, 0.15) is 5.75 Å². The van der Waals surface area contributed by atoms with Crippen molar-refractivity contribution in [3.8, 4) is 5.75 Å². The van der Waals surface area contributed by atoms with Crippen LogP contribution in [-0.4, -0.2) is 50.3 Å². The number of hydrogen-bond acceptors (Lipinski definition) is 3. The highest BCUT2D eigenvalue weighted by Crippen LogP contribution is 2.19. The van der Waals surface area contributed by atoms with Crippen LogP contribution in [0.5, 0.6) is 5.75 Å².